The molecule has 188 valence electrons. The first-order valence-corrected chi connectivity index (χ1v) is 12.5. The number of carbonyl (C=O) groups is 1. The molecule has 0 spiro atoms. The summed E-state index contributed by atoms with van der Waals surface area (Å²) in [5.74, 6) is 2.36. The molecule has 0 unspecified atom stereocenters. The third-order valence-corrected chi connectivity index (χ3v) is 5.87. The Morgan fingerprint density at radius 3 is 2.56 bits per heavy atom. The molecule has 2 heterocycles. The number of rotatable bonds is 8. The second-order valence-electron chi connectivity index (χ2n) is 9.83. The van der Waals surface area contributed by atoms with Gasteiger partial charge in [0.1, 0.15) is 17.2 Å². The molecule has 0 atom stereocenters. The van der Waals surface area contributed by atoms with Crippen LogP contribution in [0.1, 0.15) is 47.0 Å². The van der Waals surface area contributed by atoms with Crippen LogP contribution in [0, 0.1) is 0 Å². The summed E-state index contributed by atoms with van der Waals surface area (Å²) in [6.45, 7) is 9.11. The molecule has 36 heavy (non-hydrogen) atoms. The van der Waals surface area contributed by atoms with Gasteiger partial charge in [0, 0.05) is 24.0 Å². The van der Waals surface area contributed by atoms with Crippen molar-refractivity contribution in [1.29, 1.82) is 0 Å². The normalized spacial score (nSPS) is 13.7. The van der Waals surface area contributed by atoms with E-state index in [9.17, 15) is 4.79 Å². The molecular formula is C29H35N5O2. The van der Waals surface area contributed by atoms with Crippen LogP contribution in [-0.4, -0.2) is 34.8 Å². The lowest BCUT2D eigenvalue weighted by Gasteiger charge is -2.23. The molecule has 0 aliphatic carbocycles. The van der Waals surface area contributed by atoms with Gasteiger partial charge in [0.15, 0.2) is 5.82 Å². The molecule has 0 saturated heterocycles. The molecule has 4 rings (SSSR count). The Morgan fingerprint density at radius 2 is 1.81 bits per heavy atom. The van der Waals surface area contributed by atoms with Crippen molar-refractivity contribution in [1.82, 2.24) is 20.6 Å². The van der Waals surface area contributed by atoms with Crippen LogP contribution in [0.25, 0.3) is 22.3 Å². The first-order chi connectivity index (χ1) is 17.3. The van der Waals surface area contributed by atoms with Crippen LogP contribution in [-0.2, 0) is 4.74 Å². The Kier molecular flexibility index (Phi) is 7.88. The van der Waals surface area contributed by atoms with E-state index >= 15 is 0 Å². The number of para-hydroxylation sites is 1. The number of hydrogen-bond donors (Lipinski definition) is 3. The number of nitrogens with zero attached hydrogens (tertiary/aromatic N) is 2. The van der Waals surface area contributed by atoms with Crippen molar-refractivity contribution in [3.05, 3.63) is 77.6 Å². The number of carbonyl (C=O) groups excluding carboxylic acids is 1. The monoisotopic (exact) mass is 485 g/mol. The van der Waals surface area contributed by atoms with Gasteiger partial charge in [-0.25, -0.2) is 14.8 Å². The summed E-state index contributed by atoms with van der Waals surface area (Å²) in [5, 5.41) is 10.8. The fraction of sp³-hybridized carbons (Fsp3) is 0.345. The smallest absolute Gasteiger partial charge is 0.407 e. The minimum absolute atomic E-state index is 0.375. The first kappa shape index (κ1) is 25.2. The van der Waals surface area contributed by atoms with Gasteiger partial charge in [-0.15, -0.1) is 0 Å². The summed E-state index contributed by atoms with van der Waals surface area (Å²) in [6.07, 6.45) is 4.46. The van der Waals surface area contributed by atoms with Crippen LogP contribution in [0.15, 0.2) is 77.6 Å². The standard InChI is InChI=1S/C29H35N5O2/c1-5-20-19-31-25(18-22(20)14-11-17-30-28(35)36-29(2,3)4)33-27-23-15-9-10-16-24(23)32-26(34-27)21-12-7-6-8-13-21/h6-10,12-13,15-16,18,31H,5,11,14,17,19H2,1-4H3,(H,30,35)(H,32,33,34). The van der Waals surface area contributed by atoms with E-state index < -0.39 is 5.60 Å². The Hall–Kier alpha value is -3.87. The molecular weight excluding hydrogens is 450 g/mol. The van der Waals surface area contributed by atoms with E-state index in [4.69, 9.17) is 14.7 Å². The molecule has 1 aliphatic heterocycles. The number of hydrogen-bond acceptors (Lipinski definition) is 6. The molecule has 0 fully saturated rings. The second-order valence-corrected chi connectivity index (χ2v) is 9.83. The zero-order chi connectivity index (χ0) is 25.5. The summed E-state index contributed by atoms with van der Waals surface area (Å²) in [6, 6.07) is 18.0. The van der Waals surface area contributed by atoms with E-state index in [2.05, 4.69) is 29.0 Å². The first-order valence-electron chi connectivity index (χ1n) is 12.5. The van der Waals surface area contributed by atoms with E-state index in [0.717, 1.165) is 53.9 Å². The van der Waals surface area contributed by atoms with E-state index in [1.54, 1.807) is 0 Å². The summed E-state index contributed by atoms with van der Waals surface area (Å²) in [4.78, 5) is 21.6. The summed E-state index contributed by atoms with van der Waals surface area (Å²) >= 11 is 0. The van der Waals surface area contributed by atoms with Crippen molar-refractivity contribution in [3.63, 3.8) is 0 Å². The van der Waals surface area contributed by atoms with Gasteiger partial charge in [-0.3, -0.25) is 0 Å². The SMILES string of the molecule is CCC1=C(CCCNC(=O)OC(C)(C)C)C=C(Nc2nc(-c3ccccc3)nc3ccccc23)NC1. The van der Waals surface area contributed by atoms with Crippen molar-refractivity contribution >= 4 is 22.8 Å². The highest BCUT2D eigenvalue weighted by Crippen LogP contribution is 2.27. The zero-order valence-corrected chi connectivity index (χ0v) is 21.5. The van der Waals surface area contributed by atoms with Crippen LogP contribution < -0.4 is 16.0 Å². The highest BCUT2D eigenvalue weighted by molar-refractivity contribution is 5.91. The molecule has 3 N–H and O–H groups in total. The van der Waals surface area contributed by atoms with E-state index in [1.165, 1.54) is 11.1 Å². The third-order valence-electron chi connectivity index (χ3n) is 5.87. The molecule has 7 heteroatoms. The molecule has 1 aliphatic rings. The lowest BCUT2D eigenvalue weighted by atomic mass is 9.98. The minimum atomic E-state index is -0.494. The van der Waals surface area contributed by atoms with Gasteiger partial charge in [0.2, 0.25) is 0 Å². The largest absolute Gasteiger partial charge is 0.444 e. The van der Waals surface area contributed by atoms with Gasteiger partial charge >= 0.3 is 6.09 Å². The van der Waals surface area contributed by atoms with Gasteiger partial charge < -0.3 is 20.7 Å². The number of aromatic nitrogens is 2. The number of fused-ring (bicyclic) bond motifs is 1. The molecule has 3 aromatic rings. The quantitative estimate of drug-likeness (QED) is 0.331. The zero-order valence-electron chi connectivity index (χ0n) is 21.5. The van der Waals surface area contributed by atoms with Crippen LogP contribution in [0.2, 0.25) is 0 Å². The van der Waals surface area contributed by atoms with Crippen molar-refractivity contribution in [3.8, 4) is 11.4 Å². The highest BCUT2D eigenvalue weighted by atomic mass is 16.6. The number of dihydropyridines is 1. The molecule has 0 radical (unpaired) electrons. The number of allylic oxidation sites excluding steroid dienone is 2. The second kappa shape index (κ2) is 11.2. The van der Waals surface area contributed by atoms with Gasteiger partial charge in [0.05, 0.1) is 5.52 Å². The number of benzene rings is 2. The van der Waals surface area contributed by atoms with Gasteiger partial charge in [-0.1, -0.05) is 49.4 Å². The fourth-order valence-corrected chi connectivity index (χ4v) is 4.12. The lowest BCUT2D eigenvalue weighted by molar-refractivity contribution is 0.0527. The van der Waals surface area contributed by atoms with E-state index in [0.29, 0.717) is 12.4 Å². The topological polar surface area (TPSA) is 88.2 Å². The third kappa shape index (κ3) is 6.62. The van der Waals surface area contributed by atoms with Gasteiger partial charge in [0.25, 0.3) is 0 Å². The Labute approximate surface area is 213 Å². The molecule has 1 aromatic heterocycles. The number of nitrogens with one attached hydrogen (secondary N) is 3. The summed E-state index contributed by atoms with van der Waals surface area (Å²) in [7, 11) is 0. The molecule has 7 nitrogen and oxygen atoms in total. The lowest BCUT2D eigenvalue weighted by Crippen LogP contribution is -2.33. The average molecular weight is 486 g/mol. The van der Waals surface area contributed by atoms with E-state index in [1.807, 2.05) is 75.4 Å². The Bertz CT molecular complexity index is 1280. The Balaban J connectivity index is 1.50. The minimum Gasteiger partial charge on any atom is -0.444 e. The fourth-order valence-electron chi connectivity index (χ4n) is 4.12. The molecule has 2 aromatic carbocycles. The van der Waals surface area contributed by atoms with Gasteiger partial charge in [-0.2, -0.15) is 0 Å². The summed E-state index contributed by atoms with van der Waals surface area (Å²) in [5.41, 5.74) is 4.03. The number of amides is 1. The van der Waals surface area contributed by atoms with Gasteiger partial charge in [-0.05, 0) is 69.4 Å². The predicted molar refractivity (Wildman–Crippen MR) is 145 cm³/mol. The van der Waals surface area contributed by atoms with Crippen molar-refractivity contribution in [2.45, 2.75) is 52.6 Å². The molecule has 0 bridgehead atoms. The predicted octanol–water partition coefficient (Wildman–Crippen LogP) is 6.16. The maximum atomic E-state index is 11.9. The number of alkyl carbamates (subject to hydrolysis) is 1. The van der Waals surface area contributed by atoms with Crippen LogP contribution in [0.5, 0.6) is 0 Å². The van der Waals surface area contributed by atoms with Crippen molar-refractivity contribution < 1.29 is 9.53 Å². The molecule has 1 amide bonds. The van der Waals surface area contributed by atoms with Crippen LogP contribution in [0.4, 0.5) is 10.6 Å². The van der Waals surface area contributed by atoms with Crippen molar-refractivity contribution in [2.75, 3.05) is 18.4 Å². The number of anilines is 1. The maximum absolute atomic E-state index is 11.9. The maximum Gasteiger partial charge on any atom is 0.407 e. The number of ether oxygens (including phenoxy) is 1. The average Bonchev–Trinajstić information content (AvgIpc) is 2.86. The van der Waals surface area contributed by atoms with Crippen LogP contribution >= 0.6 is 0 Å². The van der Waals surface area contributed by atoms with Crippen LogP contribution in [0.3, 0.4) is 0 Å². The highest BCUT2D eigenvalue weighted by Gasteiger charge is 2.17. The summed E-state index contributed by atoms with van der Waals surface area (Å²) < 4.78 is 5.33. The van der Waals surface area contributed by atoms with Crippen molar-refractivity contribution in [2.24, 2.45) is 0 Å². The molecule has 0 saturated carbocycles. The van der Waals surface area contributed by atoms with E-state index in [-0.39, 0.29) is 6.09 Å². The Morgan fingerprint density at radius 1 is 1.06 bits per heavy atom.